The van der Waals surface area contributed by atoms with Crippen LogP contribution in [0.5, 0.6) is 0 Å². The fourth-order valence-corrected chi connectivity index (χ4v) is 5.34. The van der Waals surface area contributed by atoms with Crippen molar-refractivity contribution in [3.05, 3.63) is 41.9 Å². The largest absolute Gasteiger partial charge is 0.345 e. The number of halogens is 1. The van der Waals surface area contributed by atoms with Crippen LogP contribution in [-0.4, -0.2) is 54.3 Å². The van der Waals surface area contributed by atoms with E-state index in [2.05, 4.69) is 29.7 Å². The van der Waals surface area contributed by atoms with Crippen LogP contribution in [0, 0.1) is 0 Å². The van der Waals surface area contributed by atoms with Gasteiger partial charge in [-0.05, 0) is 12.5 Å². The molecule has 2 atom stereocenters. The molecule has 30 heavy (non-hydrogen) atoms. The Kier molecular flexibility index (Phi) is 3.19. The van der Waals surface area contributed by atoms with Gasteiger partial charge in [-0.15, -0.1) is 0 Å². The average Bonchev–Trinajstić information content (AvgIpc) is 3.44. The van der Waals surface area contributed by atoms with Gasteiger partial charge in [0.1, 0.15) is 5.65 Å². The molecule has 8 rings (SSSR count). The lowest BCUT2D eigenvalue weighted by Crippen LogP contribution is -2.67. The van der Waals surface area contributed by atoms with Gasteiger partial charge in [0.2, 0.25) is 5.95 Å². The normalized spacial score (nSPS) is 21.1. The van der Waals surface area contributed by atoms with Crippen LogP contribution >= 0.6 is 11.6 Å². The van der Waals surface area contributed by atoms with E-state index in [1.54, 1.807) is 4.68 Å². The van der Waals surface area contributed by atoms with Gasteiger partial charge in [-0.3, -0.25) is 9.08 Å². The quantitative estimate of drug-likeness (QED) is 0.461. The SMILES string of the molecule is Cn1cc2c(Cl)c(-c3c[nH]c4nc(N5CC6CC(C5)N6)n5ccnc5c34)ccc2n1. The second-order valence-corrected chi connectivity index (χ2v) is 8.70. The molecule has 2 N–H and O–H groups in total. The topological polar surface area (TPSA) is 79.1 Å². The Morgan fingerprint density at radius 1 is 1.17 bits per heavy atom. The van der Waals surface area contributed by atoms with Crippen LogP contribution in [0.15, 0.2) is 36.9 Å². The van der Waals surface area contributed by atoms with E-state index in [-0.39, 0.29) is 0 Å². The monoisotopic (exact) mass is 418 g/mol. The molecule has 0 aliphatic carbocycles. The molecule has 8 nitrogen and oxygen atoms in total. The average molecular weight is 419 g/mol. The van der Waals surface area contributed by atoms with E-state index in [9.17, 15) is 0 Å². The number of benzene rings is 1. The van der Waals surface area contributed by atoms with Crippen molar-refractivity contribution in [1.29, 1.82) is 0 Å². The molecule has 2 unspecified atom stereocenters. The number of rotatable bonds is 2. The summed E-state index contributed by atoms with van der Waals surface area (Å²) in [6.45, 7) is 1.94. The van der Waals surface area contributed by atoms with E-state index in [0.29, 0.717) is 17.1 Å². The predicted octanol–water partition coefficient (Wildman–Crippen LogP) is 2.97. The van der Waals surface area contributed by atoms with Crippen molar-refractivity contribution in [2.75, 3.05) is 18.0 Å². The second kappa shape index (κ2) is 5.74. The van der Waals surface area contributed by atoms with Crippen molar-refractivity contribution in [3.8, 4) is 11.1 Å². The number of hydrogen-bond donors (Lipinski definition) is 2. The van der Waals surface area contributed by atoms with Gasteiger partial charge in [-0.1, -0.05) is 17.7 Å². The molecule has 2 bridgehead atoms. The number of anilines is 1. The number of H-pyrrole nitrogens is 1. The summed E-state index contributed by atoms with van der Waals surface area (Å²) in [5.41, 5.74) is 4.55. The molecular formula is C21H19ClN8. The van der Waals surface area contributed by atoms with E-state index in [0.717, 1.165) is 57.7 Å². The maximum Gasteiger partial charge on any atom is 0.213 e. The minimum atomic E-state index is 0.559. The third kappa shape index (κ3) is 2.17. The molecular weight excluding hydrogens is 400 g/mol. The summed E-state index contributed by atoms with van der Waals surface area (Å²) >= 11 is 6.82. The maximum absolute atomic E-state index is 6.82. The van der Waals surface area contributed by atoms with Gasteiger partial charge in [0, 0.05) is 73.5 Å². The molecule has 0 spiro atoms. The summed E-state index contributed by atoms with van der Waals surface area (Å²) in [6, 6.07) is 5.15. The van der Waals surface area contributed by atoms with Gasteiger partial charge in [0.25, 0.3) is 0 Å². The summed E-state index contributed by atoms with van der Waals surface area (Å²) in [5, 5.41) is 10.7. The number of piperidine rings is 1. The molecule has 3 aliphatic rings. The van der Waals surface area contributed by atoms with Gasteiger partial charge in [0.15, 0.2) is 5.65 Å². The molecule has 0 radical (unpaired) electrons. The van der Waals surface area contributed by atoms with Gasteiger partial charge in [0.05, 0.1) is 15.9 Å². The van der Waals surface area contributed by atoms with Crippen LogP contribution < -0.4 is 10.2 Å². The summed E-state index contributed by atoms with van der Waals surface area (Å²) in [7, 11) is 1.90. The van der Waals surface area contributed by atoms with Crippen LogP contribution in [0.4, 0.5) is 5.95 Å². The zero-order chi connectivity index (χ0) is 20.0. The fraction of sp³-hybridized carbons (Fsp3) is 0.286. The van der Waals surface area contributed by atoms with Crippen LogP contribution in [0.1, 0.15) is 6.42 Å². The summed E-state index contributed by atoms with van der Waals surface area (Å²) < 4.78 is 3.88. The molecule has 1 aromatic carbocycles. The molecule has 3 saturated heterocycles. The Morgan fingerprint density at radius 2 is 2.00 bits per heavy atom. The lowest BCUT2D eigenvalue weighted by atomic mass is 9.91. The first-order valence-electron chi connectivity index (χ1n) is 10.1. The first-order chi connectivity index (χ1) is 14.7. The second-order valence-electron chi connectivity index (χ2n) is 8.32. The van der Waals surface area contributed by atoms with Crippen LogP contribution in [0.2, 0.25) is 5.02 Å². The van der Waals surface area contributed by atoms with Crippen LogP contribution in [0.25, 0.3) is 38.7 Å². The summed E-state index contributed by atoms with van der Waals surface area (Å²) in [6.07, 6.45) is 9.02. The van der Waals surface area contributed by atoms with Crippen LogP contribution in [0.3, 0.4) is 0 Å². The smallest absolute Gasteiger partial charge is 0.213 e. The molecule has 4 aromatic heterocycles. The third-order valence-electron chi connectivity index (χ3n) is 6.38. The maximum atomic E-state index is 6.82. The fourth-order valence-electron chi connectivity index (χ4n) is 5.03. The minimum Gasteiger partial charge on any atom is -0.345 e. The molecule has 5 aromatic rings. The number of aromatic nitrogens is 6. The zero-order valence-electron chi connectivity index (χ0n) is 16.3. The summed E-state index contributed by atoms with van der Waals surface area (Å²) in [4.78, 5) is 15.4. The van der Waals surface area contributed by atoms with Crippen molar-refractivity contribution in [1.82, 2.24) is 34.4 Å². The third-order valence-corrected chi connectivity index (χ3v) is 6.79. The van der Waals surface area contributed by atoms with Crippen LogP contribution in [-0.2, 0) is 7.05 Å². The highest BCUT2D eigenvalue weighted by Crippen LogP contribution is 2.39. The standard InChI is InChI=1S/C21H19ClN8/c1-28-10-15-16(27-28)3-2-13(18(15)22)14-7-24-19-17(14)20-23-4-5-30(20)21(26-19)29-8-11-6-12(9-29)25-11/h2-5,7,10-12,24-25H,6,8-9H2,1H3. The zero-order valence-corrected chi connectivity index (χ0v) is 17.1. The number of nitrogens with one attached hydrogen (secondary N) is 2. The van der Waals surface area contributed by atoms with Gasteiger partial charge >= 0.3 is 0 Å². The van der Waals surface area contributed by atoms with Gasteiger partial charge in [-0.2, -0.15) is 10.1 Å². The van der Waals surface area contributed by atoms with Crippen molar-refractivity contribution >= 4 is 45.1 Å². The Morgan fingerprint density at radius 3 is 2.83 bits per heavy atom. The van der Waals surface area contributed by atoms with Gasteiger partial charge < -0.3 is 15.2 Å². The first-order valence-corrected chi connectivity index (χ1v) is 10.5. The molecule has 7 heterocycles. The van der Waals surface area contributed by atoms with E-state index in [4.69, 9.17) is 16.6 Å². The van der Waals surface area contributed by atoms with Crippen molar-refractivity contribution in [2.45, 2.75) is 18.5 Å². The lowest BCUT2D eigenvalue weighted by molar-refractivity contribution is 0.224. The number of aromatic amines is 1. The Hall–Kier alpha value is -3.10. The Bertz CT molecular complexity index is 1440. The van der Waals surface area contributed by atoms with E-state index in [1.807, 2.05) is 44.0 Å². The lowest BCUT2D eigenvalue weighted by Gasteiger charge is -2.48. The summed E-state index contributed by atoms with van der Waals surface area (Å²) in [5.74, 6) is 0.938. The Labute approximate surface area is 176 Å². The number of piperazine rings is 1. The van der Waals surface area contributed by atoms with Crippen molar-refractivity contribution in [2.24, 2.45) is 7.05 Å². The molecule has 0 amide bonds. The highest BCUT2D eigenvalue weighted by Gasteiger charge is 2.38. The number of hydrogen-bond acceptors (Lipinski definition) is 5. The molecule has 0 saturated carbocycles. The highest BCUT2D eigenvalue weighted by atomic mass is 35.5. The number of imidazole rings is 1. The molecule has 9 heteroatoms. The molecule has 150 valence electrons. The predicted molar refractivity (Wildman–Crippen MR) is 117 cm³/mol. The number of aryl methyl sites for hydroxylation is 1. The van der Waals surface area contributed by atoms with Crippen molar-refractivity contribution < 1.29 is 0 Å². The molecule has 3 fully saturated rings. The highest BCUT2D eigenvalue weighted by molar-refractivity contribution is 6.38. The first kappa shape index (κ1) is 16.7. The minimum absolute atomic E-state index is 0.559. The van der Waals surface area contributed by atoms with E-state index < -0.39 is 0 Å². The number of fused-ring (bicyclic) bond motifs is 6. The van der Waals surface area contributed by atoms with E-state index >= 15 is 0 Å². The van der Waals surface area contributed by atoms with Gasteiger partial charge in [-0.25, -0.2) is 4.98 Å². The van der Waals surface area contributed by atoms with Crippen molar-refractivity contribution in [3.63, 3.8) is 0 Å². The Balaban J connectivity index is 1.45. The van der Waals surface area contributed by atoms with E-state index in [1.165, 1.54) is 6.42 Å². The molecule has 3 aliphatic heterocycles. The number of nitrogens with zero attached hydrogens (tertiary/aromatic N) is 6.